The van der Waals surface area contributed by atoms with Gasteiger partial charge in [-0.2, -0.15) is 0 Å². The number of hydrogen-bond donors (Lipinski definition) is 1. The van der Waals surface area contributed by atoms with E-state index in [0.29, 0.717) is 11.8 Å². The van der Waals surface area contributed by atoms with E-state index < -0.39 is 0 Å². The molecule has 2 N–H and O–H groups in total. The second-order valence-electron chi connectivity index (χ2n) is 4.18. The average Bonchev–Trinajstić information content (AvgIpc) is 2.74. The van der Waals surface area contributed by atoms with Gasteiger partial charge in [-0.05, 0) is 19.3 Å². The Morgan fingerprint density at radius 1 is 1.41 bits per heavy atom. The molecule has 1 aromatic heterocycles. The molecule has 1 saturated heterocycles. The van der Waals surface area contributed by atoms with Crippen molar-refractivity contribution in [1.82, 2.24) is 14.8 Å². The lowest BCUT2D eigenvalue weighted by Crippen LogP contribution is -2.18. The SMILES string of the molecule is CCCn1c(CN)nnc1SC1CCOCC1. The largest absolute Gasteiger partial charge is 0.381 e. The van der Waals surface area contributed by atoms with Crippen molar-refractivity contribution >= 4 is 11.8 Å². The fourth-order valence-corrected chi connectivity index (χ4v) is 3.09. The molecule has 0 aliphatic carbocycles. The van der Waals surface area contributed by atoms with Gasteiger partial charge >= 0.3 is 0 Å². The van der Waals surface area contributed by atoms with Crippen LogP contribution >= 0.6 is 11.8 Å². The van der Waals surface area contributed by atoms with Crippen LogP contribution in [-0.2, 0) is 17.8 Å². The molecule has 0 saturated carbocycles. The number of nitrogens with zero attached hydrogens (tertiary/aromatic N) is 3. The monoisotopic (exact) mass is 256 g/mol. The molecule has 5 nitrogen and oxygen atoms in total. The van der Waals surface area contributed by atoms with Crippen LogP contribution in [0.15, 0.2) is 5.16 Å². The summed E-state index contributed by atoms with van der Waals surface area (Å²) in [4.78, 5) is 0. The van der Waals surface area contributed by atoms with Crippen molar-refractivity contribution in [3.8, 4) is 0 Å². The zero-order valence-electron chi connectivity index (χ0n) is 10.3. The quantitative estimate of drug-likeness (QED) is 0.863. The Kier molecular flexibility index (Phi) is 4.82. The molecule has 0 unspecified atom stereocenters. The van der Waals surface area contributed by atoms with Crippen LogP contribution in [0.5, 0.6) is 0 Å². The topological polar surface area (TPSA) is 66.0 Å². The van der Waals surface area contributed by atoms with Crippen LogP contribution in [-0.4, -0.2) is 33.2 Å². The summed E-state index contributed by atoms with van der Waals surface area (Å²) in [6.45, 7) is 5.29. The third-order valence-electron chi connectivity index (χ3n) is 2.86. The molecule has 96 valence electrons. The van der Waals surface area contributed by atoms with Gasteiger partial charge in [0.05, 0.1) is 6.54 Å². The van der Waals surface area contributed by atoms with E-state index in [9.17, 15) is 0 Å². The Labute approximate surface area is 106 Å². The van der Waals surface area contributed by atoms with E-state index >= 15 is 0 Å². The number of rotatable bonds is 5. The standard InChI is InChI=1S/C11H20N4OS/c1-2-5-15-10(8-12)13-14-11(15)17-9-3-6-16-7-4-9/h9H,2-8,12H2,1H3. The summed E-state index contributed by atoms with van der Waals surface area (Å²) in [5.41, 5.74) is 5.67. The van der Waals surface area contributed by atoms with E-state index in [-0.39, 0.29) is 0 Å². The molecule has 1 fully saturated rings. The Bertz CT molecular complexity index is 349. The summed E-state index contributed by atoms with van der Waals surface area (Å²) in [5.74, 6) is 0.890. The maximum Gasteiger partial charge on any atom is 0.191 e. The summed E-state index contributed by atoms with van der Waals surface area (Å²) in [6, 6.07) is 0. The molecular weight excluding hydrogens is 236 g/mol. The number of nitrogens with two attached hydrogens (primary N) is 1. The van der Waals surface area contributed by atoms with Crippen molar-refractivity contribution in [2.24, 2.45) is 5.73 Å². The molecule has 0 amide bonds. The molecule has 2 heterocycles. The Balaban J connectivity index is 2.05. The van der Waals surface area contributed by atoms with Crippen molar-refractivity contribution in [1.29, 1.82) is 0 Å². The number of aromatic nitrogens is 3. The molecule has 17 heavy (non-hydrogen) atoms. The van der Waals surface area contributed by atoms with Crippen LogP contribution in [0.1, 0.15) is 32.0 Å². The summed E-state index contributed by atoms with van der Waals surface area (Å²) in [6.07, 6.45) is 3.27. The second-order valence-corrected chi connectivity index (χ2v) is 5.45. The van der Waals surface area contributed by atoms with E-state index in [1.807, 2.05) is 11.8 Å². The summed E-state index contributed by atoms with van der Waals surface area (Å²) in [5, 5.41) is 10.0. The molecule has 0 bridgehead atoms. The van der Waals surface area contributed by atoms with Gasteiger partial charge in [0.1, 0.15) is 5.82 Å². The molecule has 6 heteroatoms. The highest BCUT2D eigenvalue weighted by Gasteiger charge is 2.19. The number of thioether (sulfide) groups is 1. The molecule has 2 rings (SSSR count). The predicted molar refractivity (Wildman–Crippen MR) is 67.9 cm³/mol. The Morgan fingerprint density at radius 3 is 2.82 bits per heavy atom. The van der Waals surface area contributed by atoms with Crippen LogP contribution in [0.2, 0.25) is 0 Å². The van der Waals surface area contributed by atoms with E-state index in [4.69, 9.17) is 10.5 Å². The Hall–Kier alpha value is -0.590. The van der Waals surface area contributed by atoms with E-state index in [2.05, 4.69) is 21.7 Å². The third kappa shape index (κ3) is 3.20. The molecule has 1 aliphatic heterocycles. The van der Waals surface area contributed by atoms with Gasteiger partial charge in [-0.3, -0.25) is 0 Å². The molecule has 0 atom stereocenters. The molecule has 1 aromatic rings. The van der Waals surface area contributed by atoms with Gasteiger partial charge in [-0.1, -0.05) is 18.7 Å². The third-order valence-corrected chi connectivity index (χ3v) is 4.18. The van der Waals surface area contributed by atoms with Crippen LogP contribution in [0.3, 0.4) is 0 Å². The number of ether oxygens (including phenoxy) is 1. The zero-order chi connectivity index (χ0) is 12.1. The van der Waals surface area contributed by atoms with E-state index in [0.717, 1.165) is 50.0 Å². The van der Waals surface area contributed by atoms with Crippen molar-refractivity contribution < 1.29 is 4.74 Å². The first-order valence-electron chi connectivity index (χ1n) is 6.21. The fourth-order valence-electron chi connectivity index (χ4n) is 1.95. The van der Waals surface area contributed by atoms with Gasteiger partial charge in [0.15, 0.2) is 5.16 Å². The lowest BCUT2D eigenvalue weighted by molar-refractivity contribution is 0.0999. The van der Waals surface area contributed by atoms with Crippen LogP contribution in [0.25, 0.3) is 0 Å². The normalized spacial score (nSPS) is 17.5. The zero-order valence-corrected chi connectivity index (χ0v) is 11.1. The van der Waals surface area contributed by atoms with Crippen molar-refractivity contribution in [3.63, 3.8) is 0 Å². The molecule has 0 spiro atoms. The molecular formula is C11H20N4OS. The van der Waals surface area contributed by atoms with Gasteiger partial charge in [0.2, 0.25) is 0 Å². The molecule has 0 aromatic carbocycles. The first-order valence-corrected chi connectivity index (χ1v) is 7.09. The van der Waals surface area contributed by atoms with Gasteiger partial charge < -0.3 is 15.0 Å². The minimum atomic E-state index is 0.460. The summed E-state index contributed by atoms with van der Waals surface area (Å²) < 4.78 is 7.52. The van der Waals surface area contributed by atoms with E-state index in [1.54, 1.807) is 0 Å². The smallest absolute Gasteiger partial charge is 0.191 e. The first kappa shape index (κ1) is 12.9. The van der Waals surface area contributed by atoms with Crippen molar-refractivity contribution in [3.05, 3.63) is 5.82 Å². The lowest BCUT2D eigenvalue weighted by Gasteiger charge is -2.21. The van der Waals surface area contributed by atoms with Crippen LogP contribution in [0, 0.1) is 0 Å². The Morgan fingerprint density at radius 2 is 2.18 bits per heavy atom. The molecule has 1 aliphatic rings. The van der Waals surface area contributed by atoms with Gasteiger partial charge in [-0.15, -0.1) is 10.2 Å². The fraction of sp³-hybridized carbons (Fsp3) is 0.818. The van der Waals surface area contributed by atoms with Gasteiger partial charge in [0, 0.05) is 25.0 Å². The number of hydrogen-bond acceptors (Lipinski definition) is 5. The predicted octanol–water partition coefficient (Wildman–Crippen LogP) is 1.42. The molecule has 0 radical (unpaired) electrons. The van der Waals surface area contributed by atoms with Crippen LogP contribution < -0.4 is 5.73 Å². The van der Waals surface area contributed by atoms with Gasteiger partial charge in [-0.25, -0.2) is 0 Å². The highest BCUT2D eigenvalue weighted by atomic mass is 32.2. The highest BCUT2D eigenvalue weighted by molar-refractivity contribution is 7.99. The summed E-state index contributed by atoms with van der Waals surface area (Å²) in [7, 11) is 0. The van der Waals surface area contributed by atoms with Crippen LogP contribution in [0.4, 0.5) is 0 Å². The average molecular weight is 256 g/mol. The highest BCUT2D eigenvalue weighted by Crippen LogP contribution is 2.28. The maximum absolute atomic E-state index is 5.67. The van der Waals surface area contributed by atoms with Crippen molar-refractivity contribution in [2.75, 3.05) is 13.2 Å². The lowest BCUT2D eigenvalue weighted by atomic mass is 10.2. The maximum atomic E-state index is 5.67. The minimum Gasteiger partial charge on any atom is -0.381 e. The second kappa shape index (κ2) is 6.37. The van der Waals surface area contributed by atoms with Crippen molar-refractivity contribution in [2.45, 2.75) is 49.7 Å². The van der Waals surface area contributed by atoms with Gasteiger partial charge in [0.25, 0.3) is 0 Å². The van der Waals surface area contributed by atoms with E-state index in [1.165, 1.54) is 0 Å². The summed E-state index contributed by atoms with van der Waals surface area (Å²) >= 11 is 1.82. The minimum absolute atomic E-state index is 0.460. The first-order chi connectivity index (χ1) is 8.35.